The summed E-state index contributed by atoms with van der Waals surface area (Å²) in [6, 6.07) is 5.16. The fourth-order valence-corrected chi connectivity index (χ4v) is 1.39. The maximum Gasteiger partial charge on any atom is 0.418 e. The first-order chi connectivity index (χ1) is 7.48. The number of benzene rings is 1. The molecule has 0 aliphatic heterocycles. The lowest BCUT2D eigenvalue weighted by Gasteiger charge is -2.13. The third-order valence-electron chi connectivity index (χ3n) is 2.08. The highest BCUT2D eigenvalue weighted by atomic mass is 19.4. The summed E-state index contributed by atoms with van der Waals surface area (Å²) in [7, 11) is 0. The molecule has 0 aliphatic rings. The summed E-state index contributed by atoms with van der Waals surface area (Å²) in [6.45, 7) is 0. The van der Waals surface area contributed by atoms with Crippen LogP contribution in [0, 0.1) is 0 Å². The van der Waals surface area contributed by atoms with Gasteiger partial charge in [-0.15, -0.1) is 0 Å². The second-order valence-corrected chi connectivity index (χ2v) is 3.22. The second-order valence-electron chi connectivity index (χ2n) is 3.22. The van der Waals surface area contributed by atoms with Gasteiger partial charge in [0.15, 0.2) is 0 Å². The predicted molar refractivity (Wildman–Crippen MR) is 53.0 cm³/mol. The Morgan fingerprint density at radius 3 is 2.56 bits per heavy atom. The molecule has 0 atom stereocenters. The largest absolute Gasteiger partial charge is 0.418 e. The fourth-order valence-electron chi connectivity index (χ4n) is 1.39. The number of nitrogens with two attached hydrogens (primary N) is 1. The van der Waals surface area contributed by atoms with Crippen molar-refractivity contribution in [2.75, 3.05) is 5.73 Å². The minimum Gasteiger partial charge on any atom is -0.399 e. The summed E-state index contributed by atoms with van der Waals surface area (Å²) in [5.74, 6) is 0. The molecular formula is C10H8F3N3. The standard InChI is InChI=1S/C10H8F3N3/c11-10(12,13)8-6-7(14)2-3-9(8)16-5-1-4-15-16/h1-6H,14H2. The van der Waals surface area contributed by atoms with Crippen molar-refractivity contribution < 1.29 is 13.2 Å². The van der Waals surface area contributed by atoms with E-state index in [1.165, 1.54) is 24.5 Å². The molecule has 0 unspecified atom stereocenters. The molecule has 1 aromatic heterocycles. The Morgan fingerprint density at radius 1 is 1.25 bits per heavy atom. The highest BCUT2D eigenvalue weighted by molar-refractivity contribution is 5.52. The smallest absolute Gasteiger partial charge is 0.399 e. The number of hydrogen-bond donors (Lipinski definition) is 1. The van der Waals surface area contributed by atoms with Gasteiger partial charge in [-0.1, -0.05) is 0 Å². The van der Waals surface area contributed by atoms with Crippen LogP contribution in [0.1, 0.15) is 5.56 Å². The van der Waals surface area contributed by atoms with Crippen LogP contribution in [0.15, 0.2) is 36.7 Å². The molecule has 0 saturated carbocycles. The van der Waals surface area contributed by atoms with Crippen LogP contribution in [0.25, 0.3) is 5.69 Å². The first-order valence-corrected chi connectivity index (χ1v) is 4.45. The monoisotopic (exact) mass is 227 g/mol. The van der Waals surface area contributed by atoms with E-state index in [4.69, 9.17) is 5.73 Å². The lowest BCUT2D eigenvalue weighted by atomic mass is 10.1. The van der Waals surface area contributed by atoms with E-state index in [0.29, 0.717) is 0 Å². The van der Waals surface area contributed by atoms with Crippen LogP contribution in [0.5, 0.6) is 0 Å². The van der Waals surface area contributed by atoms with E-state index in [2.05, 4.69) is 5.10 Å². The third kappa shape index (κ3) is 1.86. The molecule has 0 radical (unpaired) electrons. The summed E-state index contributed by atoms with van der Waals surface area (Å²) in [5.41, 5.74) is 4.59. The van der Waals surface area contributed by atoms with Gasteiger partial charge in [-0.2, -0.15) is 18.3 Å². The van der Waals surface area contributed by atoms with Crippen molar-refractivity contribution in [3.8, 4) is 5.69 Å². The molecular weight excluding hydrogens is 219 g/mol. The zero-order chi connectivity index (χ0) is 11.8. The zero-order valence-corrected chi connectivity index (χ0v) is 8.07. The predicted octanol–water partition coefficient (Wildman–Crippen LogP) is 2.47. The van der Waals surface area contributed by atoms with Gasteiger partial charge in [-0.3, -0.25) is 0 Å². The first-order valence-electron chi connectivity index (χ1n) is 4.45. The minimum atomic E-state index is -4.45. The van der Waals surface area contributed by atoms with Gasteiger partial charge in [0.05, 0.1) is 11.3 Å². The Labute approximate surface area is 89.3 Å². The van der Waals surface area contributed by atoms with E-state index in [9.17, 15) is 13.2 Å². The molecule has 1 aromatic carbocycles. The lowest BCUT2D eigenvalue weighted by molar-refractivity contribution is -0.137. The molecule has 84 valence electrons. The van der Waals surface area contributed by atoms with Gasteiger partial charge in [0.25, 0.3) is 0 Å². The Kier molecular flexibility index (Phi) is 2.34. The van der Waals surface area contributed by atoms with Gasteiger partial charge in [0.1, 0.15) is 0 Å². The van der Waals surface area contributed by atoms with E-state index in [1.54, 1.807) is 6.07 Å². The summed E-state index contributed by atoms with van der Waals surface area (Å²) >= 11 is 0. The van der Waals surface area contributed by atoms with Crippen LogP contribution < -0.4 is 5.73 Å². The summed E-state index contributed by atoms with van der Waals surface area (Å²) in [6.07, 6.45) is -1.59. The molecule has 0 spiro atoms. The SMILES string of the molecule is Nc1ccc(-n2cccn2)c(C(F)(F)F)c1. The van der Waals surface area contributed by atoms with Crippen LogP contribution in [0.2, 0.25) is 0 Å². The van der Waals surface area contributed by atoms with Gasteiger partial charge in [-0.05, 0) is 24.3 Å². The molecule has 1 heterocycles. The number of nitrogens with zero attached hydrogens (tertiary/aromatic N) is 2. The molecule has 0 fully saturated rings. The van der Waals surface area contributed by atoms with Crippen molar-refractivity contribution in [2.45, 2.75) is 6.18 Å². The molecule has 0 bridgehead atoms. The Hall–Kier alpha value is -1.98. The van der Waals surface area contributed by atoms with E-state index in [-0.39, 0.29) is 11.4 Å². The van der Waals surface area contributed by atoms with Crippen molar-refractivity contribution in [3.63, 3.8) is 0 Å². The van der Waals surface area contributed by atoms with Crippen molar-refractivity contribution in [2.24, 2.45) is 0 Å². The van der Waals surface area contributed by atoms with Gasteiger partial charge < -0.3 is 5.73 Å². The fraction of sp³-hybridized carbons (Fsp3) is 0.100. The van der Waals surface area contributed by atoms with Crippen molar-refractivity contribution in [1.29, 1.82) is 0 Å². The molecule has 6 heteroatoms. The van der Waals surface area contributed by atoms with Crippen LogP contribution in [0.3, 0.4) is 0 Å². The van der Waals surface area contributed by atoms with Crippen LogP contribution in [0.4, 0.5) is 18.9 Å². The maximum atomic E-state index is 12.7. The van der Waals surface area contributed by atoms with Crippen molar-refractivity contribution in [3.05, 3.63) is 42.2 Å². The number of aromatic nitrogens is 2. The molecule has 2 aromatic rings. The third-order valence-corrected chi connectivity index (χ3v) is 2.08. The maximum absolute atomic E-state index is 12.7. The van der Waals surface area contributed by atoms with Crippen LogP contribution in [-0.2, 0) is 6.18 Å². The van der Waals surface area contributed by atoms with Crippen molar-refractivity contribution in [1.82, 2.24) is 9.78 Å². The quantitative estimate of drug-likeness (QED) is 0.760. The number of hydrogen-bond acceptors (Lipinski definition) is 2. The van der Waals surface area contributed by atoms with Crippen molar-refractivity contribution >= 4 is 5.69 Å². The lowest BCUT2D eigenvalue weighted by Crippen LogP contribution is -2.11. The summed E-state index contributed by atoms with van der Waals surface area (Å²) < 4.78 is 39.3. The van der Waals surface area contributed by atoms with Gasteiger partial charge in [0.2, 0.25) is 0 Å². The Bertz CT molecular complexity index is 489. The average Bonchev–Trinajstić information content (AvgIpc) is 2.69. The van der Waals surface area contributed by atoms with E-state index >= 15 is 0 Å². The molecule has 0 aliphatic carbocycles. The summed E-state index contributed by atoms with van der Waals surface area (Å²) in [4.78, 5) is 0. The second kappa shape index (κ2) is 3.55. The van der Waals surface area contributed by atoms with Gasteiger partial charge in [0, 0.05) is 18.1 Å². The first kappa shape index (κ1) is 10.5. The van der Waals surface area contributed by atoms with E-state index in [0.717, 1.165) is 10.7 Å². The van der Waals surface area contributed by atoms with Crippen LogP contribution in [-0.4, -0.2) is 9.78 Å². The number of alkyl halides is 3. The number of anilines is 1. The minimum absolute atomic E-state index is 0.0355. The number of rotatable bonds is 1. The highest BCUT2D eigenvalue weighted by Gasteiger charge is 2.34. The number of nitrogen functional groups attached to an aromatic ring is 1. The Balaban J connectivity index is 2.62. The Morgan fingerprint density at radius 2 is 2.00 bits per heavy atom. The topological polar surface area (TPSA) is 43.8 Å². The molecule has 2 N–H and O–H groups in total. The highest BCUT2D eigenvalue weighted by Crippen LogP contribution is 2.34. The van der Waals surface area contributed by atoms with Gasteiger partial charge in [-0.25, -0.2) is 4.68 Å². The molecule has 16 heavy (non-hydrogen) atoms. The van der Waals surface area contributed by atoms with Gasteiger partial charge >= 0.3 is 6.18 Å². The van der Waals surface area contributed by atoms with E-state index < -0.39 is 11.7 Å². The zero-order valence-electron chi connectivity index (χ0n) is 8.07. The molecule has 0 saturated heterocycles. The molecule has 3 nitrogen and oxygen atoms in total. The average molecular weight is 227 g/mol. The molecule has 0 amide bonds. The summed E-state index contributed by atoms with van der Waals surface area (Å²) in [5, 5.41) is 3.77. The molecule has 2 rings (SSSR count). The van der Waals surface area contributed by atoms with E-state index in [1.807, 2.05) is 0 Å². The normalized spacial score (nSPS) is 11.7. The van der Waals surface area contributed by atoms with Crippen LogP contribution >= 0.6 is 0 Å². The number of halogens is 3.